The lowest BCUT2D eigenvalue weighted by atomic mass is 9.96. The van der Waals surface area contributed by atoms with Gasteiger partial charge in [-0.05, 0) is 13.3 Å². The maximum Gasteiger partial charge on any atom is 0.240 e. The summed E-state index contributed by atoms with van der Waals surface area (Å²) >= 11 is 0. The monoisotopic (exact) mass is 326 g/mol. The zero-order valence-electron chi connectivity index (χ0n) is 14.3. The van der Waals surface area contributed by atoms with Gasteiger partial charge in [-0.1, -0.05) is 13.3 Å². The van der Waals surface area contributed by atoms with Crippen LogP contribution in [0.4, 0.5) is 0 Å². The smallest absolute Gasteiger partial charge is 0.240 e. The maximum atomic E-state index is 12.2. The number of morpholine rings is 1. The Bertz CT molecular complexity index is 422. The summed E-state index contributed by atoms with van der Waals surface area (Å²) in [5.41, 5.74) is 5.18. The van der Waals surface area contributed by atoms with Crippen LogP contribution in [0.25, 0.3) is 0 Å². The fourth-order valence-electron chi connectivity index (χ4n) is 3.15. The number of nitrogens with one attached hydrogen (secondary N) is 1. The highest BCUT2D eigenvalue weighted by atomic mass is 16.5. The summed E-state index contributed by atoms with van der Waals surface area (Å²) in [6.07, 6.45) is 1.87. The quantitative estimate of drug-likeness (QED) is 0.662. The third-order valence-corrected chi connectivity index (χ3v) is 4.63. The molecule has 7 heteroatoms. The van der Waals surface area contributed by atoms with Crippen LogP contribution in [0, 0.1) is 0 Å². The molecule has 0 aromatic rings. The van der Waals surface area contributed by atoms with Crippen LogP contribution in [-0.2, 0) is 14.3 Å². The highest BCUT2D eigenvalue weighted by Gasteiger charge is 2.34. The summed E-state index contributed by atoms with van der Waals surface area (Å²) < 4.78 is 5.32. The third kappa shape index (κ3) is 5.16. The van der Waals surface area contributed by atoms with Crippen molar-refractivity contribution in [3.05, 3.63) is 0 Å². The number of ether oxygens (including phenoxy) is 1. The van der Waals surface area contributed by atoms with E-state index >= 15 is 0 Å². The Hall–Kier alpha value is -1.18. The Morgan fingerprint density at radius 2 is 2.09 bits per heavy atom. The Kier molecular flexibility index (Phi) is 6.38. The molecule has 3 N–H and O–H groups in total. The topological polar surface area (TPSA) is 87.9 Å². The first-order chi connectivity index (χ1) is 10.9. The Balaban J connectivity index is 1.76. The molecule has 2 aliphatic rings. The second-order valence-corrected chi connectivity index (χ2v) is 6.84. The number of carbonyl (C=O) groups is 2. The number of hydrogen-bond donors (Lipinski definition) is 2. The largest absolute Gasteiger partial charge is 0.379 e. The minimum absolute atomic E-state index is 0.109. The van der Waals surface area contributed by atoms with Gasteiger partial charge in [-0.3, -0.25) is 14.5 Å². The van der Waals surface area contributed by atoms with E-state index in [2.05, 4.69) is 10.2 Å². The summed E-state index contributed by atoms with van der Waals surface area (Å²) in [7, 11) is 0. The first-order valence-corrected chi connectivity index (χ1v) is 8.60. The molecule has 2 unspecified atom stereocenters. The third-order valence-electron chi connectivity index (χ3n) is 4.63. The van der Waals surface area contributed by atoms with Gasteiger partial charge < -0.3 is 20.7 Å². The second-order valence-electron chi connectivity index (χ2n) is 6.84. The van der Waals surface area contributed by atoms with Gasteiger partial charge in [0.25, 0.3) is 0 Å². The van der Waals surface area contributed by atoms with Crippen molar-refractivity contribution < 1.29 is 14.3 Å². The second kappa shape index (κ2) is 8.08. The van der Waals surface area contributed by atoms with Gasteiger partial charge in [0.1, 0.15) is 0 Å². The van der Waals surface area contributed by atoms with Crippen molar-refractivity contribution >= 4 is 11.8 Å². The van der Waals surface area contributed by atoms with E-state index in [4.69, 9.17) is 10.5 Å². The highest BCUT2D eigenvalue weighted by molar-refractivity contribution is 5.87. The molecule has 2 fully saturated rings. The van der Waals surface area contributed by atoms with E-state index in [1.165, 1.54) is 0 Å². The summed E-state index contributed by atoms with van der Waals surface area (Å²) in [5.74, 6) is -0.0510. The van der Waals surface area contributed by atoms with Crippen LogP contribution < -0.4 is 11.1 Å². The number of amides is 2. The fourth-order valence-corrected chi connectivity index (χ4v) is 3.15. The van der Waals surface area contributed by atoms with E-state index in [9.17, 15) is 9.59 Å². The molecule has 0 aromatic heterocycles. The van der Waals surface area contributed by atoms with Gasteiger partial charge in [-0.15, -0.1) is 0 Å². The molecule has 2 amide bonds. The molecule has 0 spiro atoms. The average molecular weight is 326 g/mol. The number of hydrogen-bond acceptors (Lipinski definition) is 5. The number of nitrogens with zero attached hydrogens (tertiary/aromatic N) is 2. The number of carbonyl (C=O) groups excluding carboxylic acids is 2. The SMILES string of the molecule is CCCC(C)(N)C(=O)NC1CC(=O)N(CCN2CCOCC2)C1. The molecule has 23 heavy (non-hydrogen) atoms. The molecule has 132 valence electrons. The molecule has 2 aliphatic heterocycles. The molecular weight excluding hydrogens is 296 g/mol. The lowest BCUT2D eigenvalue weighted by Gasteiger charge is -2.29. The van der Waals surface area contributed by atoms with Crippen LogP contribution in [0.1, 0.15) is 33.1 Å². The maximum absolute atomic E-state index is 12.2. The number of likely N-dealkylation sites (tertiary alicyclic amines) is 1. The summed E-state index contributed by atoms with van der Waals surface area (Å²) in [6, 6.07) is -0.126. The first-order valence-electron chi connectivity index (χ1n) is 8.60. The van der Waals surface area contributed by atoms with E-state index in [0.717, 1.165) is 39.3 Å². The average Bonchev–Trinajstić information content (AvgIpc) is 2.86. The predicted molar refractivity (Wildman–Crippen MR) is 87.9 cm³/mol. The first kappa shape index (κ1) is 18.2. The fraction of sp³-hybridized carbons (Fsp3) is 0.875. The molecule has 0 saturated carbocycles. The van der Waals surface area contributed by atoms with Gasteiger partial charge in [0.2, 0.25) is 11.8 Å². The van der Waals surface area contributed by atoms with Crippen LogP contribution >= 0.6 is 0 Å². The minimum atomic E-state index is -0.862. The van der Waals surface area contributed by atoms with Crippen molar-refractivity contribution in [2.45, 2.75) is 44.7 Å². The summed E-state index contributed by atoms with van der Waals surface area (Å²) in [6.45, 7) is 9.27. The molecule has 0 aliphatic carbocycles. The lowest BCUT2D eigenvalue weighted by Crippen LogP contribution is -2.54. The zero-order valence-corrected chi connectivity index (χ0v) is 14.3. The van der Waals surface area contributed by atoms with Crippen molar-refractivity contribution in [2.75, 3.05) is 45.9 Å². The van der Waals surface area contributed by atoms with Crippen molar-refractivity contribution in [2.24, 2.45) is 5.73 Å². The highest BCUT2D eigenvalue weighted by Crippen LogP contribution is 2.14. The van der Waals surface area contributed by atoms with Crippen LogP contribution in [0.3, 0.4) is 0 Å². The Labute approximate surface area is 138 Å². The van der Waals surface area contributed by atoms with Crippen molar-refractivity contribution in [3.63, 3.8) is 0 Å². The molecule has 0 aromatic carbocycles. The zero-order chi connectivity index (χ0) is 16.9. The van der Waals surface area contributed by atoms with Crippen molar-refractivity contribution in [3.8, 4) is 0 Å². The molecule has 2 rings (SSSR count). The Morgan fingerprint density at radius 3 is 2.74 bits per heavy atom. The van der Waals surface area contributed by atoms with Crippen LogP contribution in [0.2, 0.25) is 0 Å². The Morgan fingerprint density at radius 1 is 1.39 bits per heavy atom. The van der Waals surface area contributed by atoms with E-state index in [-0.39, 0.29) is 17.9 Å². The predicted octanol–water partition coefficient (Wildman–Crippen LogP) is -0.447. The van der Waals surface area contributed by atoms with Crippen LogP contribution in [0.5, 0.6) is 0 Å². The molecule has 2 atom stereocenters. The molecule has 2 heterocycles. The van der Waals surface area contributed by atoms with E-state index in [1.54, 1.807) is 6.92 Å². The van der Waals surface area contributed by atoms with Crippen LogP contribution in [-0.4, -0.2) is 79.1 Å². The van der Waals surface area contributed by atoms with Gasteiger partial charge in [-0.25, -0.2) is 0 Å². The molecule has 2 saturated heterocycles. The number of nitrogens with two attached hydrogens (primary N) is 1. The molecule has 0 radical (unpaired) electrons. The summed E-state index contributed by atoms with van der Waals surface area (Å²) in [5, 5.41) is 2.94. The summed E-state index contributed by atoms with van der Waals surface area (Å²) in [4.78, 5) is 28.5. The van der Waals surface area contributed by atoms with Gasteiger partial charge in [0.05, 0.1) is 24.8 Å². The van der Waals surface area contributed by atoms with Gasteiger partial charge in [0, 0.05) is 39.1 Å². The normalized spacial score (nSPS) is 25.4. The standard InChI is InChI=1S/C16H30N4O3/c1-3-4-16(2,17)15(22)18-13-11-14(21)20(12-13)6-5-19-7-9-23-10-8-19/h13H,3-12,17H2,1-2H3,(H,18,22). The minimum Gasteiger partial charge on any atom is -0.379 e. The van der Waals surface area contributed by atoms with Crippen molar-refractivity contribution in [1.82, 2.24) is 15.1 Å². The van der Waals surface area contributed by atoms with Gasteiger partial charge >= 0.3 is 0 Å². The van der Waals surface area contributed by atoms with Crippen molar-refractivity contribution in [1.29, 1.82) is 0 Å². The lowest BCUT2D eigenvalue weighted by molar-refractivity contribution is -0.128. The molecule has 7 nitrogen and oxygen atoms in total. The number of rotatable bonds is 7. The van der Waals surface area contributed by atoms with Gasteiger partial charge in [-0.2, -0.15) is 0 Å². The van der Waals surface area contributed by atoms with Crippen LogP contribution in [0.15, 0.2) is 0 Å². The van der Waals surface area contributed by atoms with E-state index in [0.29, 0.717) is 25.9 Å². The molecule has 0 bridgehead atoms. The van der Waals surface area contributed by atoms with E-state index in [1.807, 2.05) is 11.8 Å². The van der Waals surface area contributed by atoms with E-state index < -0.39 is 5.54 Å². The molecular formula is C16H30N4O3. The van der Waals surface area contributed by atoms with Gasteiger partial charge in [0.15, 0.2) is 0 Å².